The number of carbonyl (C=O) groups is 1. The highest BCUT2D eigenvalue weighted by molar-refractivity contribution is 6.33. The maximum absolute atomic E-state index is 12.9. The lowest BCUT2D eigenvalue weighted by Crippen LogP contribution is -2.21. The molecule has 0 aliphatic rings. The van der Waals surface area contributed by atoms with E-state index in [0.717, 1.165) is 6.07 Å². The Morgan fingerprint density at radius 3 is 2.64 bits per heavy atom. The summed E-state index contributed by atoms with van der Waals surface area (Å²) >= 11 is 10.8. The maximum atomic E-state index is 12.9. The minimum atomic E-state index is -1.42. The number of carboxylic acids is 1. The quantitative estimate of drug-likeness (QED) is 0.768. The molecular weight excluding hydrogens is 234 g/mol. The monoisotopic (exact) mass is 238 g/mol. The Labute approximate surface area is 88.4 Å². The second-order valence-electron chi connectivity index (χ2n) is 2.46. The summed E-state index contributed by atoms with van der Waals surface area (Å²) in [6.45, 7) is 0. The molecule has 0 amide bonds. The van der Waals surface area contributed by atoms with Crippen molar-refractivity contribution in [3.05, 3.63) is 27.8 Å². The smallest absolute Gasteiger partial charge is 0.325 e. The molecule has 0 spiro atoms. The molecule has 0 saturated heterocycles. The molecular formula is C7H5Cl2FN2O2. The fourth-order valence-corrected chi connectivity index (χ4v) is 1.25. The Balaban J connectivity index is 3.22. The van der Waals surface area contributed by atoms with Crippen LogP contribution >= 0.6 is 23.2 Å². The van der Waals surface area contributed by atoms with Gasteiger partial charge in [0.2, 0.25) is 0 Å². The summed E-state index contributed by atoms with van der Waals surface area (Å²) in [6.07, 6.45) is 0. The molecule has 0 radical (unpaired) electrons. The van der Waals surface area contributed by atoms with Gasteiger partial charge in [-0.3, -0.25) is 4.79 Å². The SMILES string of the molecule is NC(C(=O)O)c1cc(F)c(Cl)nc1Cl. The first-order valence-corrected chi connectivity index (χ1v) is 4.19. The third-order valence-corrected chi connectivity index (χ3v) is 2.08. The van der Waals surface area contributed by atoms with Crippen LogP contribution in [0.2, 0.25) is 10.3 Å². The maximum Gasteiger partial charge on any atom is 0.325 e. The zero-order valence-electron chi connectivity index (χ0n) is 6.67. The first-order valence-electron chi connectivity index (χ1n) is 3.43. The summed E-state index contributed by atoms with van der Waals surface area (Å²) in [5.74, 6) is -2.18. The van der Waals surface area contributed by atoms with E-state index in [9.17, 15) is 9.18 Å². The van der Waals surface area contributed by atoms with Crippen LogP contribution in [0.25, 0.3) is 0 Å². The van der Waals surface area contributed by atoms with Crippen LogP contribution in [-0.2, 0) is 4.79 Å². The molecule has 0 aromatic carbocycles. The fraction of sp³-hybridized carbons (Fsp3) is 0.143. The topological polar surface area (TPSA) is 76.2 Å². The molecule has 0 aliphatic carbocycles. The van der Waals surface area contributed by atoms with Gasteiger partial charge >= 0.3 is 5.97 Å². The van der Waals surface area contributed by atoms with E-state index in [1.807, 2.05) is 0 Å². The lowest BCUT2D eigenvalue weighted by atomic mass is 10.1. The van der Waals surface area contributed by atoms with Gasteiger partial charge in [-0.25, -0.2) is 9.37 Å². The van der Waals surface area contributed by atoms with Crippen LogP contribution in [0, 0.1) is 5.82 Å². The first kappa shape index (κ1) is 11.2. The van der Waals surface area contributed by atoms with Gasteiger partial charge in [0.1, 0.15) is 11.2 Å². The highest BCUT2D eigenvalue weighted by atomic mass is 35.5. The van der Waals surface area contributed by atoms with Gasteiger partial charge in [0.25, 0.3) is 0 Å². The van der Waals surface area contributed by atoms with E-state index in [-0.39, 0.29) is 10.7 Å². The predicted octanol–water partition coefficient (Wildman–Crippen LogP) is 1.61. The number of pyridine rings is 1. The lowest BCUT2D eigenvalue weighted by Gasteiger charge is -2.08. The highest BCUT2D eigenvalue weighted by Crippen LogP contribution is 2.24. The number of hydrogen-bond acceptors (Lipinski definition) is 3. The van der Waals surface area contributed by atoms with E-state index >= 15 is 0 Å². The lowest BCUT2D eigenvalue weighted by molar-refractivity contribution is -0.138. The summed E-state index contributed by atoms with van der Waals surface area (Å²) in [5, 5.41) is 7.92. The molecule has 1 rings (SSSR count). The minimum absolute atomic E-state index is 0.110. The van der Waals surface area contributed by atoms with Gasteiger partial charge in [0, 0.05) is 5.56 Å². The summed E-state index contributed by atoms with van der Waals surface area (Å²) in [6, 6.07) is -0.557. The second-order valence-corrected chi connectivity index (χ2v) is 3.17. The molecule has 7 heteroatoms. The molecule has 4 nitrogen and oxygen atoms in total. The summed E-state index contributed by atoms with van der Waals surface area (Å²) in [5.41, 5.74) is 5.11. The Kier molecular flexibility index (Phi) is 3.25. The van der Waals surface area contributed by atoms with Crippen LogP contribution in [0.15, 0.2) is 6.07 Å². The van der Waals surface area contributed by atoms with Crippen molar-refractivity contribution in [2.75, 3.05) is 0 Å². The number of rotatable bonds is 2. The van der Waals surface area contributed by atoms with Crippen molar-refractivity contribution in [3.8, 4) is 0 Å². The van der Waals surface area contributed by atoms with Gasteiger partial charge < -0.3 is 10.8 Å². The number of carboxylic acid groups (broad SMARTS) is 1. The Morgan fingerprint density at radius 1 is 1.57 bits per heavy atom. The van der Waals surface area contributed by atoms with Crippen LogP contribution in [-0.4, -0.2) is 16.1 Å². The third-order valence-electron chi connectivity index (χ3n) is 1.51. The molecule has 0 aliphatic heterocycles. The van der Waals surface area contributed by atoms with Gasteiger partial charge in [0.05, 0.1) is 0 Å². The largest absolute Gasteiger partial charge is 0.480 e. The van der Waals surface area contributed by atoms with Crippen LogP contribution in [0.5, 0.6) is 0 Å². The molecule has 0 saturated carbocycles. The van der Waals surface area contributed by atoms with E-state index < -0.39 is 23.0 Å². The Hall–Kier alpha value is -0.910. The molecule has 3 N–H and O–H groups in total. The highest BCUT2D eigenvalue weighted by Gasteiger charge is 2.20. The summed E-state index contributed by atoms with van der Waals surface area (Å²) in [4.78, 5) is 13.9. The van der Waals surface area contributed by atoms with Crippen molar-refractivity contribution in [2.45, 2.75) is 6.04 Å². The third kappa shape index (κ3) is 2.12. The zero-order chi connectivity index (χ0) is 10.9. The molecule has 1 atom stereocenters. The molecule has 76 valence electrons. The Bertz CT molecular complexity index is 386. The second kappa shape index (κ2) is 4.08. The van der Waals surface area contributed by atoms with Gasteiger partial charge in [0.15, 0.2) is 11.0 Å². The van der Waals surface area contributed by atoms with Gasteiger partial charge in [-0.05, 0) is 6.07 Å². The van der Waals surface area contributed by atoms with E-state index in [1.165, 1.54) is 0 Å². The number of nitrogens with zero attached hydrogens (tertiary/aromatic N) is 1. The van der Waals surface area contributed by atoms with Gasteiger partial charge in [-0.1, -0.05) is 23.2 Å². The zero-order valence-corrected chi connectivity index (χ0v) is 8.18. The van der Waals surface area contributed by atoms with Crippen molar-refractivity contribution in [3.63, 3.8) is 0 Å². The average Bonchev–Trinajstić information content (AvgIpc) is 2.10. The molecule has 1 heterocycles. The molecule has 1 aromatic heterocycles. The number of aromatic nitrogens is 1. The number of aliphatic carboxylic acids is 1. The molecule has 1 aromatic rings. The van der Waals surface area contributed by atoms with Gasteiger partial charge in [-0.15, -0.1) is 0 Å². The molecule has 14 heavy (non-hydrogen) atoms. The molecule has 0 bridgehead atoms. The fourth-order valence-electron chi connectivity index (χ4n) is 0.811. The van der Waals surface area contributed by atoms with Crippen molar-refractivity contribution >= 4 is 29.2 Å². The van der Waals surface area contributed by atoms with E-state index in [2.05, 4.69) is 4.98 Å². The van der Waals surface area contributed by atoms with Crippen molar-refractivity contribution in [1.29, 1.82) is 0 Å². The van der Waals surface area contributed by atoms with Crippen LogP contribution in [0.1, 0.15) is 11.6 Å². The number of hydrogen-bond donors (Lipinski definition) is 2. The predicted molar refractivity (Wildman–Crippen MR) is 48.8 cm³/mol. The van der Waals surface area contributed by atoms with Crippen molar-refractivity contribution in [1.82, 2.24) is 4.98 Å². The van der Waals surface area contributed by atoms with Crippen LogP contribution in [0.4, 0.5) is 4.39 Å². The standard InChI is InChI=1S/C7H5Cl2FN2O2/c8-5-2(4(11)7(13)14)1-3(10)6(9)12-5/h1,4H,11H2,(H,13,14). The van der Waals surface area contributed by atoms with Crippen LogP contribution in [0.3, 0.4) is 0 Å². The van der Waals surface area contributed by atoms with Gasteiger partial charge in [-0.2, -0.15) is 0 Å². The molecule has 1 unspecified atom stereocenters. The van der Waals surface area contributed by atoms with Crippen molar-refractivity contribution < 1.29 is 14.3 Å². The Morgan fingerprint density at radius 2 is 2.14 bits per heavy atom. The van der Waals surface area contributed by atoms with E-state index in [1.54, 1.807) is 0 Å². The van der Waals surface area contributed by atoms with Crippen LogP contribution < -0.4 is 5.73 Å². The number of halogens is 3. The summed E-state index contributed by atoms with van der Waals surface area (Å²) in [7, 11) is 0. The van der Waals surface area contributed by atoms with Crippen molar-refractivity contribution in [2.24, 2.45) is 5.73 Å². The normalized spacial score (nSPS) is 12.6. The molecule has 0 fully saturated rings. The van der Waals surface area contributed by atoms with E-state index in [4.69, 9.17) is 34.0 Å². The summed E-state index contributed by atoms with van der Waals surface area (Å²) < 4.78 is 12.9. The first-order chi connectivity index (χ1) is 6.43. The number of nitrogens with two attached hydrogens (primary N) is 1. The minimum Gasteiger partial charge on any atom is -0.480 e. The average molecular weight is 239 g/mol. The van der Waals surface area contributed by atoms with E-state index in [0.29, 0.717) is 0 Å².